The lowest BCUT2D eigenvalue weighted by Gasteiger charge is -2.18. The standard InChI is InChI=1S/C69H108O6/c1-4-7-10-13-16-19-22-25-28-30-31-32-33-34-35-36-37-39-41-44-47-50-53-56-59-62-68(71)74-65-66(64-73-67(70)61-58-55-52-49-46-43-40-27-24-21-18-15-12-9-6-3)75-69(72)63-60-57-54-51-48-45-42-38-29-26-23-20-17-14-11-8-5-2/h7,9-10,12,16-21,25-29,31-32,34-35,37,39-40,46,49,55,58,66H,4-6,8,11,13-15,22-24,30,33,36,38,41-45,47-48,50-54,56-57,59-65H2,1-3H3/b10-7-,12-9-,19-16-,20-17-,21-18-,28-25-,29-26-,32-31-,35-34-,39-37-,40-27-,49-46-,58-55-. The molecular weight excluding hydrogens is 925 g/mol. The normalized spacial score (nSPS) is 13.3. The highest BCUT2D eigenvalue weighted by atomic mass is 16.6. The van der Waals surface area contributed by atoms with Crippen molar-refractivity contribution in [3.63, 3.8) is 0 Å². The van der Waals surface area contributed by atoms with Crippen LogP contribution >= 0.6 is 0 Å². The predicted molar refractivity (Wildman–Crippen MR) is 325 cm³/mol. The fraction of sp³-hybridized carbons (Fsp3) is 0.580. The Hall–Kier alpha value is -4.97. The van der Waals surface area contributed by atoms with E-state index >= 15 is 0 Å². The molecule has 0 aromatic carbocycles. The Labute approximate surface area is 460 Å². The number of esters is 3. The molecule has 1 unspecified atom stereocenters. The van der Waals surface area contributed by atoms with Crippen LogP contribution in [0.15, 0.2) is 158 Å². The van der Waals surface area contributed by atoms with Crippen molar-refractivity contribution >= 4 is 17.9 Å². The summed E-state index contributed by atoms with van der Waals surface area (Å²) >= 11 is 0. The zero-order chi connectivity index (χ0) is 54.3. The van der Waals surface area contributed by atoms with Crippen molar-refractivity contribution < 1.29 is 28.6 Å². The second-order valence-corrected chi connectivity index (χ2v) is 19.2. The molecule has 0 saturated carbocycles. The number of unbranched alkanes of at least 4 members (excludes halogenated alkanes) is 16. The summed E-state index contributed by atoms with van der Waals surface area (Å²) in [4.78, 5) is 38.2. The maximum atomic E-state index is 12.9. The first-order valence-corrected chi connectivity index (χ1v) is 30.0. The maximum Gasteiger partial charge on any atom is 0.309 e. The third-order valence-corrected chi connectivity index (χ3v) is 12.0. The van der Waals surface area contributed by atoms with Gasteiger partial charge in [-0.1, -0.05) is 249 Å². The first kappa shape index (κ1) is 70.0. The van der Waals surface area contributed by atoms with E-state index in [0.29, 0.717) is 6.42 Å². The summed E-state index contributed by atoms with van der Waals surface area (Å²) < 4.78 is 16.8. The van der Waals surface area contributed by atoms with Crippen LogP contribution in [-0.2, 0) is 28.6 Å². The number of rotatable bonds is 52. The largest absolute Gasteiger partial charge is 0.462 e. The van der Waals surface area contributed by atoms with E-state index in [9.17, 15) is 14.4 Å². The summed E-state index contributed by atoms with van der Waals surface area (Å²) in [5.41, 5.74) is 0. The molecule has 0 amide bonds. The van der Waals surface area contributed by atoms with Gasteiger partial charge in [0, 0.05) is 12.8 Å². The summed E-state index contributed by atoms with van der Waals surface area (Å²) in [6.07, 6.45) is 89.7. The van der Waals surface area contributed by atoms with Crippen LogP contribution in [0.4, 0.5) is 0 Å². The van der Waals surface area contributed by atoms with Gasteiger partial charge in [0.25, 0.3) is 0 Å². The van der Waals surface area contributed by atoms with Gasteiger partial charge < -0.3 is 14.2 Å². The molecule has 0 spiro atoms. The number of hydrogen-bond donors (Lipinski definition) is 0. The van der Waals surface area contributed by atoms with E-state index < -0.39 is 12.1 Å². The molecule has 0 aromatic heterocycles. The van der Waals surface area contributed by atoms with Gasteiger partial charge in [-0.15, -0.1) is 0 Å². The number of hydrogen-bond acceptors (Lipinski definition) is 6. The van der Waals surface area contributed by atoms with E-state index in [0.717, 1.165) is 141 Å². The molecule has 0 bridgehead atoms. The number of allylic oxidation sites excluding steroid dienone is 25. The topological polar surface area (TPSA) is 78.9 Å². The van der Waals surface area contributed by atoms with Crippen molar-refractivity contribution in [3.05, 3.63) is 158 Å². The van der Waals surface area contributed by atoms with Crippen LogP contribution in [0.5, 0.6) is 0 Å². The summed E-state index contributed by atoms with van der Waals surface area (Å²) in [5.74, 6) is -1.09. The summed E-state index contributed by atoms with van der Waals surface area (Å²) in [6, 6.07) is 0. The summed E-state index contributed by atoms with van der Waals surface area (Å²) in [5, 5.41) is 0. The van der Waals surface area contributed by atoms with Crippen LogP contribution in [0.25, 0.3) is 0 Å². The number of carbonyl (C=O) groups excluding carboxylic acids is 3. The quantitative estimate of drug-likeness (QED) is 0.0261. The Kier molecular flexibility index (Phi) is 57.5. The van der Waals surface area contributed by atoms with Gasteiger partial charge in [0.05, 0.1) is 6.42 Å². The van der Waals surface area contributed by atoms with Gasteiger partial charge in [-0.3, -0.25) is 14.4 Å². The molecule has 0 aromatic rings. The van der Waals surface area contributed by atoms with E-state index in [1.807, 2.05) is 6.08 Å². The van der Waals surface area contributed by atoms with Crippen LogP contribution in [-0.4, -0.2) is 37.2 Å². The average molecular weight is 1030 g/mol. The monoisotopic (exact) mass is 1030 g/mol. The highest BCUT2D eigenvalue weighted by molar-refractivity contribution is 5.72. The number of ether oxygens (including phenoxy) is 3. The lowest BCUT2D eigenvalue weighted by molar-refractivity contribution is -0.166. The van der Waals surface area contributed by atoms with Gasteiger partial charge in [-0.2, -0.15) is 0 Å². The highest BCUT2D eigenvalue weighted by Gasteiger charge is 2.19. The van der Waals surface area contributed by atoms with Crippen LogP contribution in [0.3, 0.4) is 0 Å². The third-order valence-electron chi connectivity index (χ3n) is 12.0. The van der Waals surface area contributed by atoms with E-state index in [2.05, 4.69) is 167 Å². The van der Waals surface area contributed by atoms with Gasteiger partial charge in [0.15, 0.2) is 6.10 Å². The fourth-order valence-corrected chi connectivity index (χ4v) is 7.61. The molecule has 0 N–H and O–H groups in total. The molecule has 6 heteroatoms. The van der Waals surface area contributed by atoms with E-state index in [4.69, 9.17) is 14.2 Å². The smallest absolute Gasteiger partial charge is 0.309 e. The van der Waals surface area contributed by atoms with Gasteiger partial charge in [-0.25, -0.2) is 0 Å². The highest BCUT2D eigenvalue weighted by Crippen LogP contribution is 2.13. The molecule has 0 saturated heterocycles. The zero-order valence-corrected chi connectivity index (χ0v) is 48.0. The Balaban J connectivity index is 4.51. The van der Waals surface area contributed by atoms with Crippen molar-refractivity contribution in [2.45, 2.75) is 245 Å². The first-order valence-electron chi connectivity index (χ1n) is 30.0. The predicted octanol–water partition coefficient (Wildman–Crippen LogP) is 20.5. The fourth-order valence-electron chi connectivity index (χ4n) is 7.61. The SMILES string of the molecule is CC/C=C\C/C=C\C/C=C\C/C=C\C/C=C\C/C=C\CCCCCCCCC(=O)OCC(COC(=O)C/C=C\C/C=C\C/C=C\C/C=C\C/C=C\CC)OC(=O)CCCCCCCCC/C=C\C/C=C\CCCCC. The Morgan fingerprint density at radius 3 is 0.933 bits per heavy atom. The zero-order valence-electron chi connectivity index (χ0n) is 48.0. The van der Waals surface area contributed by atoms with E-state index in [1.54, 1.807) is 6.08 Å². The second-order valence-electron chi connectivity index (χ2n) is 19.2. The van der Waals surface area contributed by atoms with Crippen molar-refractivity contribution in [1.29, 1.82) is 0 Å². The molecule has 0 rings (SSSR count). The molecule has 0 aliphatic rings. The van der Waals surface area contributed by atoms with Crippen LogP contribution in [0.1, 0.15) is 239 Å². The molecule has 6 nitrogen and oxygen atoms in total. The molecule has 75 heavy (non-hydrogen) atoms. The van der Waals surface area contributed by atoms with Gasteiger partial charge in [0.2, 0.25) is 0 Å². The molecule has 420 valence electrons. The van der Waals surface area contributed by atoms with Crippen molar-refractivity contribution in [3.8, 4) is 0 Å². The lowest BCUT2D eigenvalue weighted by Crippen LogP contribution is -2.30. The van der Waals surface area contributed by atoms with E-state index in [1.165, 1.54) is 57.8 Å². The molecule has 0 fully saturated rings. The molecule has 1 atom stereocenters. The second kappa shape index (κ2) is 61.6. The Morgan fingerprint density at radius 1 is 0.293 bits per heavy atom. The van der Waals surface area contributed by atoms with Crippen molar-refractivity contribution in [2.75, 3.05) is 13.2 Å². The minimum Gasteiger partial charge on any atom is -0.462 e. The van der Waals surface area contributed by atoms with Crippen LogP contribution < -0.4 is 0 Å². The first-order chi connectivity index (χ1) is 37.0. The average Bonchev–Trinajstić information content (AvgIpc) is 3.41. The molecule has 0 radical (unpaired) electrons. The van der Waals surface area contributed by atoms with Crippen molar-refractivity contribution in [1.82, 2.24) is 0 Å². The summed E-state index contributed by atoms with van der Waals surface area (Å²) in [7, 11) is 0. The van der Waals surface area contributed by atoms with Gasteiger partial charge >= 0.3 is 17.9 Å². The van der Waals surface area contributed by atoms with Crippen LogP contribution in [0, 0.1) is 0 Å². The minimum absolute atomic E-state index is 0.115. The molecule has 0 aliphatic carbocycles. The van der Waals surface area contributed by atoms with Gasteiger partial charge in [-0.05, 0) is 128 Å². The summed E-state index contributed by atoms with van der Waals surface area (Å²) in [6.45, 7) is 6.27. The maximum absolute atomic E-state index is 12.9. The third kappa shape index (κ3) is 59.8. The number of carbonyl (C=O) groups is 3. The van der Waals surface area contributed by atoms with Gasteiger partial charge in [0.1, 0.15) is 13.2 Å². The Morgan fingerprint density at radius 2 is 0.573 bits per heavy atom. The lowest BCUT2D eigenvalue weighted by atomic mass is 10.1. The molecule has 0 heterocycles. The molecule has 0 aliphatic heterocycles. The Bertz CT molecular complexity index is 1710. The minimum atomic E-state index is -0.837. The van der Waals surface area contributed by atoms with Crippen LogP contribution in [0.2, 0.25) is 0 Å². The van der Waals surface area contributed by atoms with E-state index in [-0.39, 0.29) is 38.0 Å². The van der Waals surface area contributed by atoms with Crippen molar-refractivity contribution in [2.24, 2.45) is 0 Å². The molecular formula is C69H108O6.